The van der Waals surface area contributed by atoms with Gasteiger partial charge in [0.1, 0.15) is 0 Å². The van der Waals surface area contributed by atoms with Crippen LogP contribution in [0, 0.1) is 0 Å². The van der Waals surface area contributed by atoms with Crippen molar-refractivity contribution in [2.45, 2.75) is 70.3 Å². The van der Waals surface area contributed by atoms with Gasteiger partial charge in [0.25, 0.3) is 0 Å². The molecule has 0 atom stereocenters. The number of rotatable bonds is 2. The third-order valence-corrected chi connectivity index (χ3v) is 4.87. The highest BCUT2D eigenvalue weighted by molar-refractivity contribution is 6.61. The zero-order valence-electron chi connectivity index (χ0n) is 12.9. The van der Waals surface area contributed by atoms with Crippen molar-refractivity contribution in [2.75, 3.05) is 0 Å². The fraction of sp³-hybridized carbons (Fsp3) is 0.786. The maximum atomic E-state index is 9.81. The van der Waals surface area contributed by atoms with E-state index in [2.05, 4.69) is 5.10 Å². The van der Waals surface area contributed by atoms with Crippen LogP contribution < -0.4 is 5.46 Å². The van der Waals surface area contributed by atoms with E-state index in [-0.39, 0.29) is 24.4 Å². The van der Waals surface area contributed by atoms with Gasteiger partial charge in [0.2, 0.25) is 0 Å². The first-order valence-corrected chi connectivity index (χ1v) is 7.22. The average molecular weight is 278 g/mol. The number of nitrogens with zero attached hydrogens (tertiary/aromatic N) is 2. The zero-order chi connectivity index (χ0) is 14.8. The van der Waals surface area contributed by atoms with Gasteiger partial charge in [-0.1, -0.05) is 0 Å². The Hall–Kier alpha value is -0.845. The molecule has 2 fully saturated rings. The predicted octanol–water partition coefficient (Wildman–Crippen LogP) is 1.27. The number of hydrogen-bond acceptors (Lipinski definition) is 4. The van der Waals surface area contributed by atoms with Crippen molar-refractivity contribution in [3.8, 4) is 0 Å². The maximum absolute atomic E-state index is 9.81. The maximum Gasteiger partial charge on any atom is 0.498 e. The normalized spacial score (nSPS) is 35.1. The summed E-state index contributed by atoms with van der Waals surface area (Å²) in [5.41, 5.74) is -0.267. The molecule has 20 heavy (non-hydrogen) atoms. The van der Waals surface area contributed by atoms with Gasteiger partial charge in [0, 0.05) is 17.9 Å². The lowest BCUT2D eigenvalue weighted by molar-refractivity contribution is -0.0542. The Kier molecular flexibility index (Phi) is 2.88. The van der Waals surface area contributed by atoms with Crippen molar-refractivity contribution in [3.63, 3.8) is 0 Å². The molecule has 0 amide bonds. The van der Waals surface area contributed by atoms with Gasteiger partial charge >= 0.3 is 7.12 Å². The molecule has 1 saturated heterocycles. The number of hydrogen-bond donors (Lipinski definition) is 1. The molecule has 3 rings (SSSR count). The van der Waals surface area contributed by atoms with Gasteiger partial charge in [0.05, 0.1) is 22.8 Å². The summed E-state index contributed by atoms with van der Waals surface area (Å²) < 4.78 is 13.9. The summed E-state index contributed by atoms with van der Waals surface area (Å²) in [6.45, 7) is 10.0. The van der Waals surface area contributed by atoms with E-state index < -0.39 is 5.60 Å². The largest absolute Gasteiger partial charge is 0.498 e. The first-order chi connectivity index (χ1) is 9.10. The molecule has 0 radical (unpaired) electrons. The molecule has 1 aliphatic carbocycles. The van der Waals surface area contributed by atoms with Gasteiger partial charge in [0.15, 0.2) is 0 Å². The first-order valence-electron chi connectivity index (χ1n) is 7.22. The van der Waals surface area contributed by atoms with E-state index in [1.807, 2.05) is 45.5 Å². The SMILES string of the molecule is CC1(O)CC(n2cc(B3OC(C)(C)C(C)(C)O3)cn2)C1. The second-order valence-corrected chi connectivity index (χ2v) is 7.40. The molecule has 6 heteroatoms. The molecule has 1 aromatic heterocycles. The monoisotopic (exact) mass is 278 g/mol. The van der Waals surface area contributed by atoms with Crippen molar-refractivity contribution in [3.05, 3.63) is 12.4 Å². The molecule has 2 aliphatic rings. The van der Waals surface area contributed by atoms with E-state index in [0.29, 0.717) is 0 Å². The Bertz CT molecular complexity index is 500. The van der Waals surface area contributed by atoms with Crippen molar-refractivity contribution >= 4 is 12.6 Å². The second kappa shape index (κ2) is 4.09. The van der Waals surface area contributed by atoms with Gasteiger partial charge in [-0.05, 0) is 47.5 Å². The van der Waals surface area contributed by atoms with Gasteiger partial charge in [-0.25, -0.2) is 0 Å². The topological polar surface area (TPSA) is 56.5 Å². The Morgan fingerprint density at radius 1 is 1.20 bits per heavy atom. The molecule has 0 spiro atoms. The molecular weight excluding hydrogens is 255 g/mol. The summed E-state index contributed by atoms with van der Waals surface area (Å²) in [5, 5.41) is 14.2. The van der Waals surface area contributed by atoms with Crippen LogP contribution in [0.25, 0.3) is 0 Å². The van der Waals surface area contributed by atoms with E-state index in [1.165, 1.54) is 0 Å². The van der Waals surface area contributed by atoms with Crippen LogP contribution in [0.5, 0.6) is 0 Å². The minimum absolute atomic E-state index is 0.279. The lowest BCUT2D eigenvalue weighted by atomic mass is 9.77. The quantitative estimate of drug-likeness (QED) is 0.828. The molecule has 2 heterocycles. The lowest BCUT2D eigenvalue weighted by Gasteiger charge is -2.40. The van der Waals surface area contributed by atoms with Crippen molar-refractivity contribution < 1.29 is 14.4 Å². The van der Waals surface area contributed by atoms with Gasteiger partial charge in [-0.2, -0.15) is 5.10 Å². The summed E-state index contributed by atoms with van der Waals surface area (Å²) >= 11 is 0. The average Bonchev–Trinajstić information content (AvgIpc) is 2.79. The minimum Gasteiger partial charge on any atom is -0.399 e. The van der Waals surface area contributed by atoms with Crippen molar-refractivity contribution in [1.82, 2.24) is 9.78 Å². The predicted molar refractivity (Wildman–Crippen MR) is 76.8 cm³/mol. The van der Waals surface area contributed by atoms with E-state index in [1.54, 1.807) is 6.20 Å². The van der Waals surface area contributed by atoms with Crippen LogP contribution in [-0.4, -0.2) is 38.8 Å². The third kappa shape index (κ3) is 2.20. The summed E-state index contributed by atoms with van der Waals surface area (Å²) in [7, 11) is -0.366. The van der Waals surface area contributed by atoms with Crippen LogP contribution in [0.4, 0.5) is 0 Å². The van der Waals surface area contributed by atoms with Gasteiger partial charge in [-0.15, -0.1) is 0 Å². The van der Waals surface area contributed by atoms with Crippen LogP contribution in [0.15, 0.2) is 12.4 Å². The fourth-order valence-electron chi connectivity index (χ4n) is 2.80. The summed E-state index contributed by atoms with van der Waals surface area (Å²) in [4.78, 5) is 0. The highest BCUT2D eigenvalue weighted by Gasteiger charge is 2.52. The Morgan fingerprint density at radius 3 is 2.25 bits per heavy atom. The Labute approximate surface area is 120 Å². The van der Waals surface area contributed by atoms with Crippen LogP contribution in [0.1, 0.15) is 53.5 Å². The summed E-state index contributed by atoms with van der Waals surface area (Å²) in [5.74, 6) is 0. The molecular formula is C14H23BN2O3. The molecule has 1 aliphatic heterocycles. The summed E-state index contributed by atoms with van der Waals surface area (Å²) in [6.07, 6.45) is 5.27. The molecule has 1 N–H and O–H groups in total. The van der Waals surface area contributed by atoms with Crippen LogP contribution >= 0.6 is 0 Å². The van der Waals surface area contributed by atoms with Crippen molar-refractivity contribution in [1.29, 1.82) is 0 Å². The highest BCUT2D eigenvalue weighted by Crippen LogP contribution is 2.40. The second-order valence-electron chi connectivity index (χ2n) is 7.40. The summed E-state index contributed by atoms with van der Waals surface area (Å²) in [6, 6.07) is 0.279. The van der Waals surface area contributed by atoms with Crippen LogP contribution in [0.2, 0.25) is 0 Å². The van der Waals surface area contributed by atoms with E-state index in [4.69, 9.17) is 9.31 Å². The number of aromatic nitrogens is 2. The van der Waals surface area contributed by atoms with Crippen LogP contribution in [0.3, 0.4) is 0 Å². The lowest BCUT2D eigenvalue weighted by Crippen LogP contribution is -2.42. The standard InChI is InChI=1S/C14H23BN2O3/c1-12(2)13(3,4)20-15(19-12)10-8-16-17(9-10)11-6-14(5,18)7-11/h8-9,11,18H,6-7H2,1-5H3. The van der Waals surface area contributed by atoms with Gasteiger partial charge in [-0.3, -0.25) is 4.68 Å². The number of aliphatic hydroxyl groups is 1. The van der Waals surface area contributed by atoms with Crippen LogP contribution in [-0.2, 0) is 9.31 Å². The molecule has 0 bridgehead atoms. The Balaban J connectivity index is 1.73. The molecule has 0 unspecified atom stereocenters. The minimum atomic E-state index is -0.541. The third-order valence-electron chi connectivity index (χ3n) is 4.87. The molecule has 110 valence electrons. The van der Waals surface area contributed by atoms with E-state index in [9.17, 15) is 5.11 Å². The molecule has 1 saturated carbocycles. The van der Waals surface area contributed by atoms with Gasteiger partial charge < -0.3 is 14.4 Å². The molecule has 1 aromatic rings. The first kappa shape index (κ1) is 14.1. The van der Waals surface area contributed by atoms with Crippen molar-refractivity contribution in [2.24, 2.45) is 0 Å². The van der Waals surface area contributed by atoms with E-state index >= 15 is 0 Å². The van der Waals surface area contributed by atoms with E-state index in [0.717, 1.165) is 18.3 Å². The Morgan fingerprint density at radius 2 is 1.75 bits per heavy atom. The smallest absolute Gasteiger partial charge is 0.399 e. The highest BCUT2D eigenvalue weighted by atomic mass is 16.7. The molecule has 5 nitrogen and oxygen atoms in total. The molecule has 0 aromatic carbocycles. The fourth-order valence-corrected chi connectivity index (χ4v) is 2.80. The zero-order valence-corrected chi connectivity index (χ0v) is 12.9.